The number of amides is 1. The lowest BCUT2D eigenvalue weighted by Crippen LogP contribution is -2.44. The Labute approximate surface area is 135 Å². The molecule has 1 aliphatic rings. The number of thiophene rings is 1. The molecule has 2 aromatic rings. The number of likely N-dealkylation sites (tertiary alicyclic amines) is 1. The number of rotatable bonds is 4. The third-order valence-corrected chi connectivity index (χ3v) is 5.02. The Morgan fingerprint density at radius 3 is 2.82 bits per heavy atom. The van der Waals surface area contributed by atoms with Gasteiger partial charge in [-0.25, -0.2) is 0 Å². The maximum Gasteiger partial charge on any atom is 0.261 e. The lowest BCUT2D eigenvalue weighted by Gasteiger charge is -2.32. The summed E-state index contributed by atoms with van der Waals surface area (Å²) in [6.07, 6.45) is 5.75. The van der Waals surface area contributed by atoms with Crippen LogP contribution in [0.15, 0.2) is 36.7 Å². The predicted octanol–water partition coefficient (Wildman–Crippen LogP) is 2.85. The lowest BCUT2D eigenvalue weighted by atomic mass is 10.0. The Balaban J connectivity index is 1.46. The number of hydrogen-bond donors (Lipinski definition) is 1. The molecule has 0 radical (unpaired) electrons. The van der Waals surface area contributed by atoms with E-state index in [0.717, 1.165) is 37.4 Å². The normalized spacial score (nSPS) is 16.6. The molecule has 3 rings (SSSR count). The van der Waals surface area contributed by atoms with Crippen molar-refractivity contribution in [3.63, 3.8) is 0 Å². The summed E-state index contributed by atoms with van der Waals surface area (Å²) in [5, 5.41) is 3.17. The van der Waals surface area contributed by atoms with Gasteiger partial charge in [0.2, 0.25) is 0 Å². The van der Waals surface area contributed by atoms with Gasteiger partial charge in [0.1, 0.15) is 0 Å². The minimum absolute atomic E-state index is 0.0730. The average Bonchev–Trinajstić information content (AvgIpc) is 2.97. The second-order valence-electron chi connectivity index (χ2n) is 5.80. The molecule has 2 aromatic heterocycles. The van der Waals surface area contributed by atoms with Crippen LogP contribution in [0.4, 0.5) is 0 Å². The summed E-state index contributed by atoms with van der Waals surface area (Å²) in [5.41, 5.74) is 1.25. The van der Waals surface area contributed by atoms with Crippen LogP contribution in [0.2, 0.25) is 0 Å². The van der Waals surface area contributed by atoms with E-state index < -0.39 is 0 Å². The largest absolute Gasteiger partial charge is 0.349 e. The van der Waals surface area contributed by atoms with Crippen LogP contribution in [0.25, 0.3) is 0 Å². The Morgan fingerprint density at radius 2 is 2.18 bits per heavy atom. The van der Waals surface area contributed by atoms with Crippen molar-refractivity contribution < 1.29 is 4.79 Å². The molecule has 0 unspecified atom stereocenters. The lowest BCUT2D eigenvalue weighted by molar-refractivity contribution is 0.0913. The van der Waals surface area contributed by atoms with E-state index in [9.17, 15) is 4.79 Å². The van der Waals surface area contributed by atoms with Gasteiger partial charge < -0.3 is 5.32 Å². The zero-order valence-corrected chi connectivity index (χ0v) is 13.6. The van der Waals surface area contributed by atoms with Crippen LogP contribution in [0.3, 0.4) is 0 Å². The number of aryl methyl sites for hydroxylation is 1. The Morgan fingerprint density at radius 1 is 1.36 bits per heavy atom. The van der Waals surface area contributed by atoms with E-state index in [-0.39, 0.29) is 5.91 Å². The van der Waals surface area contributed by atoms with E-state index >= 15 is 0 Å². The highest BCUT2D eigenvalue weighted by Crippen LogP contribution is 2.17. The van der Waals surface area contributed by atoms with Gasteiger partial charge in [-0.2, -0.15) is 0 Å². The highest BCUT2D eigenvalue weighted by molar-refractivity contribution is 7.13. The molecular weight excluding hydrogens is 294 g/mol. The minimum atomic E-state index is 0.0730. The summed E-state index contributed by atoms with van der Waals surface area (Å²) in [5.74, 6) is 0.0730. The molecule has 0 saturated carbocycles. The molecule has 0 spiro atoms. The van der Waals surface area contributed by atoms with Crippen LogP contribution in [0.1, 0.15) is 33.0 Å². The van der Waals surface area contributed by atoms with Gasteiger partial charge in [-0.1, -0.05) is 6.07 Å². The monoisotopic (exact) mass is 315 g/mol. The fourth-order valence-corrected chi connectivity index (χ4v) is 3.57. The van der Waals surface area contributed by atoms with Gasteiger partial charge >= 0.3 is 0 Å². The predicted molar refractivity (Wildman–Crippen MR) is 89.1 cm³/mol. The van der Waals surface area contributed by atoms with Gasteiger partial charge in [-0.15, -0.1) is 11.3 Å². The molecule has 0 atom stereocenters. The number of hydrogen-bond acceptors (Lipinski definition) is 4. The summed E-state index contributed by atoms with van der Waals surface area (Å²) in [6.45, 7) is 5.00. The number of aromatic nitrogens is 1. The minimum Gasteiger partial charge on any atom is -0.349 e. The highest BCUT2D eigenvalue weighted by atomic mass is 32.1. The van der Waals surface area contributed by atoms with Gasteiger partial charge in [-0.05, 0) is 43.5 Å². The molecule has 1 amide bonds. The molecular formula is C17H21N3OS. The van der Waals surface area contributed by atoms with Gasteiger partial charge in [-0.3, -0.25) is 14.7 Å². The van der Waals surface area contributed by atoms with Crippen molar-refractivity contribution in [2.45, 2.75) is 32.4 Å². The van der Waals surface area contributed by atoms with Crippen LogP contribution in [-0.4, -0.2) is 34.9 Å². The number of nitrogens with one attached hydrogen (secondary N) is 1. The van der Waals surface area contributed by atoms with Crippen molar-refractivity contribution in [3.05, 3.63) is 52.0 Å². The maximum atomic E-state index is 12.2. The Kier molecular flexibility index (Phi) is 4.85. The van der Waals surface area contributed by atoms with Crippen molar-refractivity contribution in [2.24, 2.45) is 0 Å². The van der Waals surface area contributed by atoms with Gasteiger partial charge in [0.05, 0.1) is 4.88 Å². The van der Waals surface area contributed by atoms with Crippen LogP contribution in [-0.2, 0) is 6.54 Å². The Bertz CT molecular complexity index is 618. The van der Waals surface area contributed by atoms with Crippen molar-refractivity contribution in [3.8, 4) is 0 Å². The number of piperidine rings is 1. The second kappa shape index (κ2) is 7.03. The van der Waals surface area contributed by atoms with Gasteiger partial charge in [0.25, 0.3) is 5.91 Å². The maximum absolute atomic E-state index is 12.2. The van der Waals surface area contributed by atoms with Crippen LogP contribution in [0.5, 0.6) is 0 Å². The van der Waals surface area contributed by atoms with E-state index in [4.69, 9.17) is 0 Å². The number of nitrogens with zero attached hydrogens (tertiary/aromatic N) is 2. The van der Waals surface area contributed by atoms with Gasteiger partial charge in [0, 0.05) is 42.9 Å². The number of carbonyl (C=O) groups excluding carboxylic acids is 1. The van der Waals surface area contributed by atoms with Crippen molar-refractivity contribution in [2.75, 3.05) is 13.1 Å². The number of carbonyl (C=O) groups is 1. The molecule has 116 valence electrons. The van der Waals surface area contributed by atoms with Crippen molar-refractivity contribution in [1.82, 2.24) is 15.2 Å². The van der Waals surface area contributed by atoms with E-state index in [1.807, 2.05) is 31.3 Å². The molecule has 0 aromatic carbocycles. The standard InChI is InChI=1S/C17H21N3OS/c1-13-4-5-16(22-13)17(21)19-15-6-9-20(10-7-15)12-14-3-2-8-18-11-14/h2-5,8,11,15H,6-7,9-10,12H2,1H3,(H,19,21). The zero-order chi connectivity index (χ0) is 15.4. The quantitative estimate of drug-likeness (QED) is 0.943. The average molecular weight is 315 g/mol. The molecule has 3 heterocycles. The molecule has 5 heteroatoms. The summed E-state index contributed by atoms with van der Waals surface area (Å²) < 4.78 is 0. The topological polar surface area (TPSA) is 45.2 Å². The Hall–Kier alpha value is -1.72. The fourth-order valence-electron chi connectivity index (χ4n) is 2.80. The van der Waals surface area contributed by atoms with E-state index in [2.05, 4.69) is 21.3 Å². The fraction of sp³-hybridized carbons (Fsp3) is 0.412. The first-order valence-electron chi connectivity index (χ1n) is 7.69. The third kappa shape index (κ3) is 3.93. The summed E-state index contributed by atoms with van der Waals surface area (Å²) in [6, 6.07) is 8.29. The summed E-state index contributed by atoms with van der Waals surface area (Å²) in [7, 11) is 0. The molecule has 1 saturated heterocycles. The second-order valence-corrected chi connectivity index (χ2v) is 7.08. The first kappa shape index (κ1) is 15.2. The first-order valence-corrected chi connectivity index (χ1v) is 8.51. The molecule has 1 aliphatic heterocycles. The number of pyridine rings is 1. The molecule has 4 nitrogen and oxygen atoms in total. The molecule has 0 aliphatic carbocycles. The smallest absolute Gasteiger partial charge is 0.261 e. The third-order valence-electron chi connectivity index (χ3n) is 4.02. The van der Waals surface area contributed by atoms with Crippen LogP contribution < -0.4 is 5.32 Å². The van der Waals surface area contributed by atoms with Crippen molar-refractivity contribution >= 4 is 17.2 Å². The van der Waals surface area contributed by atoms with Gasteiger partial charge in [0.15, 0.2) is 0 Å². The molecule has 1 fully saturated rings. The summed E-state index contributed by atoms with van der Waals surface area (Å²) >= 11 is 1.56. The van der Waals surface area contributed by atoms with Crippen molar-refractivity contribution in [1.29, 1.82) is 0 Å². The van der Waals surface area contributed by atoms with E-state index in [1.54, 1.807) is 17.5 Å². The van der Waals surface area contributed by atoms with E-state index in [0.29, 0.717) is 6.04 Å². The summed E-state index contributed by atoms with van der Waals surface area (Å²) in [4.78, 5) is 20.8. The highest BCUT2D eigenvalue weighted by Gasteiger charge is 2.21. The molecule has 1 N–H and O–H groups in total. The van der Waals surface area contributed by atoms with Crippen LogP contribution in [0, 0.1) is 6.92 Å². The SMILES string of the molecule is Cc1ccc(C(=O)NC2CCN(Cc3cccnc3)CC2)s1. The molecule has 22 heavy (non-hydrogen) atoms. The molecule has 0 bridgehead atoms. The van der Waals surface area contributed by atoms with E-state index in [1.165, 1.54) is 10.4 Å². The van der Waals surface area contributed by atoms with Crippen LogP contribution >= 0.6 is 11.3 Å². The first-order chi connectivity index (χ1) is 10.7. The zero-order valence-electron chi connectivity index (χ0n) is 12.8.